The number of aliphatic carboxylic acids is 1. The van der Waals surface area contributed by atoms with Gasteiger partial charge in [0.25, 0.3) is 0 Å². The molecule has 3 nitrogen and oxygen atoms in total. The van der Waals surface area contributed by atoms with Gasteiger partial charge in [0, 0.05) is 5.02 Å². The van der Waals surface area contributed by atoms with Crippen molar-refractivity contribution in [2.24, 2.45) is 5.92 Å². The number of carboxylic acids is 1. The van der Waals surface area contributed by atoms with Crippen LogP contribution in [-0.4, -0.2) is 17.1 Å². The molecular formula is C11H13Cl2NO2. The van der Waals surface area contributed by atoms with Gasteiger partial charge in [0.15, 0.2) is 0 Å². The molecule has 0 amide bonds. The van der Waals surface area contributed by atoms with Gasteiger partial charge in [-0.05, 0) is 24.1 Å². The predicted octanol–water partition coefficient (Wildman–Crippen LogP) is 3.51. The molecule has 0 bridgehead atoms. The number of nitrogens with one attached hydrogen (secondary N) is 1. The Morgan fingerprint density at radius 2 is 2.00 bits per heavy atom. The SMILES string of the molecule is CC(C)C(Nc1ccc(Cl)cc1Cl)C(=O)O. The molecule has 0 radical (unpaired) electrons. The third-order valence-corrected chi connectivity index (χ3v) is 2.72. The van der Waals surface area contributed by atoms with Crippen LogP contribution in [0, 0.1) is 5.92 Å². The Morgan fingerprint density at radius 1 is 1.38 bits per heavy atom. The van der Waals surface area contributed by atoms with E-state index >= 15 is 0 Å². The van der Waals surface area contributed by atoms with Gasteiger partial charge in [0.2, 0.25) is 0 Å². The molecule has 16 heavy (non-hydrogen) atoms. The summed E-state index contributed by atoms with van der Waals surface area (Å²) >= 11 is 11.7. The monoisotopic (exact) mass is 261 g/mol. The van der Waals surface area contributed by atoms with Crippen molar-refractivity contribution in [1.82, 2.24) is 0 Å². The van der Waals surface area contributed by atoms with E-state index in [4.69, 9.17) is 28.3 Å². The summed E-state index contributed by atoms with van der Waals surface area (Å²) in [5.74, 6) is -0.940. The number of rotatable bonds is 4. The molecule has 5 heteroatoms. The first-order valence-corrected chi connectivity index (χ1v) is 5.62. The topological polar surface area (TPSA) is 49.3 Å². The van der Waals surface area contributed by atoms with Crippen LogP contribution in [0.1, 0.15) is 13.8 Å². The van der Waals surface area contributed by atoms with Crippen LogP contribution in [0.15, 0.2) is 18.2 Å². The van der Waals surface area contributed by atoms with Crippen LogP contribution >= 0.6 is 23.2 Å². The fraction of sp³-hybridized carbons (Fsp3) is 0.364. The molecule has 2 N–H and O–H groups in total. The summed E-state index contributed by atoms with van der Waals surface area (Å²) < 4.78 is 0. The largest absolute Gasteiger partial charge is 0.480 e. The van der Waals surface area contributed by atoms with Crippen molar-refractivity contribution in [3.63, 3.8) is 0 Å². The van der Waals surface area contributed by atoms with Gasteiger partial charge in [-0.2, -0.15) is 0 Å². The Bertz CT molecular complexity index is 394. The third kappa shape index (κ3) is 3.29. The van der Waals surface area contributed by atoms with Crippen LogP contribution in [0.4, 0.5) is 5.69 Å². The first-order valence-electron chi connectivity index (χ1n) is 4.86. The number of anilines is 1. The summed E-state index contributed by atoms with van der Waals surface area (Å²) in [6.07, 6.45) is 0. The van der Waals surface area contributed by atoms with Gasteiger partial charge in [-0.15, -0.1) is 0 Å². The van der Waals surface area contributed by atoms with Crippen molar-refractivity contribution in [3.05, 3.63) is 28.2 Å². The molecule has 0 aromatic heterocycles. The zero-order valence-corrected chi connectivity index (χ0v) is 10.5. The quantitative estimate of drug-likeness (QED) is 0.872. The third-order valence-electron chi connectivity index (χ3n) is 2.17. The Kier molecular flexibility index (Phi) is 4.44. The Balaban J connectivity index is 2.90. The molecule has 0 fully saturated rings. The Morgan fingerprint density at radius 3 is 2.44 bits per heavy atom. The molecule has 1 aromatic rings. The van der Waals surface area contributed by atoms with Gasteiger partial charge in [0.05, 0.1) is 10.7 Å². The van der Waals surface area contributed by atoms with Crippen molar-refractivity contribution in [2.45, 2.75) is 19.9 Å². The van der Waals surface area contributed by atoms with E-state index in [0.29, 0.717) is 15.7 Å². The smallest absolute Gasteiger partial charge is 0.326 e. The zero-order valence-electron chi connectivity index (χ0n) is 9.00. The summed E-state index contributed by atoms with van der Waals surface area (Å²) in [5, 5.41) is 12.8. The van der Waals surface area contributed by atoms with E-state index in [9.17, 15) is 4.79 Å². The number of carbonyl (C=O) groups is 1. The van der Waals surface area contributed by atoms with Gasteiger partial charge >= 0.3 is 5.97 Å². The first kappa shape index (κ1) is 13.1. The highest BCUT2D eigenvalue weighted by atomic mass is 35.5. The van der Waals surface area contributed by atoms with Crippen molar-refractivity contribution in [1.29, 1.82) is 0 Å². The lowest BCUT2D eigenvalue weighted by Crippen LogP contribution is -2.34. The highest BCUT2D eigenvalue weighted by molar-refractivity contribution is 6.36. The van der Waals surface area contributed by atoms with Gasteiger partial charge in [-0.3, -0.25) is 0 Å². The van der Waals surface area contributed by atoms with Crippen molar-refractivity contribution >= 4 is 34.9 Å². The molecular weight excluding hydrogens is 249 g/mol. The first-order chi connectivity index (χ1) is 7.41. The zero-order chi connectivity index (χ0) is 12.3. The maximum Gasteiger partial charge on any atom is 0.326 e. The van der Waals surface area contributed by atoms with Gasteiger partial charge < -0.3 is 10.4 Å². The highest BCUT2D eigenvalue weighted by Crippen LogP contribution is 2.26. The summed E-state index contributed by atoms with van der Waals surface area (Å²) in [5.41, 5.74) is 0.576. The van der Waals surface area contributed by atoms with Crippen LogP contribution in [-0.2, 0) is 4.79 Å². The Labute approximate surface area is 104 Å². The molecule has 88 valence electrons. The van der Waals surface area contributed by atoms with Crippen molar-refractivity contribution < 1.29 is 9.90 Å². The highest BCUT2D eigenvalue weighted by Gasteiger charge is 2.21. The van der Waals surface area contributed by atoms with E-state index in [-0.39, 0.29) is 5.92 Å². The second-order valence-corrected chi connectivity index (χ2v) is 4.67. The van der Waals surface area contributed by atoms with E-state index in [1.807, 2.05) is 13.8 Å². The minimum atomic E-state index is -0.902. The summed E-state index contributed by atoms with van der Waals surface area (Å²) in [4.78, 5) is 11.0. The average molecular weight is 262 g/mol. The minimum absolute atomic E-state index is 0.0377. The normalized spacial score (nSPS) is 12.6. The molecule has 0 saturated carbocycles. The lowest BCUT2D eigenvalue weighted by Gasteiger charge is -2.19. The summed E-state index contributed by atoms with van der Waals surface area (Å²) in [6, 6.07) is 4.24. The molecule has 1 atom stereocenters. The molecule has 1 rings (SSSR count). The van der Waals surface area contributed by atoms with Crippen molar-refractivity contribution in [2.75, 3.05) is 5.32 Å². The molecule has 0 aliphatic rings. The van der Waals surface area contributed by atoms with Gasteiger partial charge in [0.1, 0.15) is 6.04 Å². The standard InChI is InChI=1S/C11H13Cl2NO2/c1-6(2)10(11(15)16)14-9-4-3-7(12)5-8(9)13/h3-6,10,14H,1-2H3,(H,15,16). The van der Waals surface area contributed by atoms with Crippen LogP contribution in [0.2, 0.25) is 10.0 Å². The van der Waals surface area contributed by atoms with Gasteiger partial charge in [-0.1, -0.05) is 37.0 Å². The number of hydrogen-bond donors (Lipinski definition) is 2. The van der Waals surface area contributed by atoms with Crippen LogP contribution in [0.25, 0.3) is 0 Å². The average Bonchev–Trinajstić information content (AvgIpc) is 2.15. The van der Waals surface area contributed by atoms with Gasteiger partial charge in [-0.25, -0.2) is 4.79 Å². The number of hydrogen-bond acceptors (Lipinski definition) is 2. The van der Waals surface area contributed by atoms with Crippen LogP contribution in [0.3, 0.4) is 0 Å². The van der Waals surface area contributed by atoms with Crippen molar-refractivity contribution in [3.8, 4) is 0 Å². The molecule has 1 unspecified atom stereocenters. The van der Waals surface area contributed by atoms with Crippen LogP contribution < -0.4 is 5.32 Å². The minimum Gasteiger partial charge on any atom is -0.480 e. The predicted molar refractivity (Wildman–Crippen MR) is 66.3 cm³/mol. The molecule has 0 heterocycles. The maximum absolute atomic E-state index is 11.0. The second kappa shape index (κ2) is 5.41. The number of halogens is 2. The maximum atomic E-state index is 11.0. The lowest BCUT2D eigenvalue weighted by atomic mass is 10.0. The summed E-state index contributed by atoms with van der Waals surface area (Å²) in [6.45, 7) is 3.66. The fourth-order valence-corrected chi connectivity index (χ4v) is 1.75. The second-order valence-electron chi connectivity index (χ2n) is 3.83. The molecule has 0 aliphatic carbocycles. The Hall–Kier alpha value is -0.930. The van der Waals surface area contributed by atoms with E-state index < -0.39 is 12.0 Å². The number of benzene rings is 1. The van der Waals surface area contributed by atoms with E-state index in [1.54, 1.807) is 18.2 Å². The fourth-order valence-electron chi connectivity index (χ4n) is 1.29. The number of carboxylic acid groups (broad SMARTS) is 1. The molecule has 0 spiro atoms. The summed E-state index contributed by atoms with van der Waals surface area (Å²) in [7, 11) is 0. The molecule has 0 saturated heterocycles. The molecule has 1 aromatic carbocycles. The van der Waals surface area contributed by atoms with E-state index in [2.05, 4.69) is 5.32 Å². The molecule has 0 aliphatic heterocycles. The van der Waals surface area contributed by atoms with E-state index in [1.165, 1.54) is 0 Å². The van der Waals surface area contributed by atoms with Crippen LogP contribution in [0.5, 0.6) is 0 Å². The lowest BCUT2D eigenvalue weighted by molar-refractivity contribution is -0.138. The van der Waals surface area contributed by atoms with E-state index in [0.717, 1.165) is 0 Å².